The molecular formula is C52H38N4. The standard InChI is InChI=1S/C52H38N4/c1-52(2,3)41-28-37-18-22-42-44(35-14-10-33(11-15-35)39-20-24-48(55-31-39)46-8-4-6-26-53-46)30-45(43-23-19-38(29-41)50(37)51(42)43)36-16-12-34(13-17-36)40-21-25-49(56-32-40)47-9-5-7-27-54-47/h4-32H,1-3H3. The summed E-state index contributed by atoms with van der Waals surface area (Å²) in [4.78, 5) is 18.4. The van der Waals surface area contributed by atoms with E-state index in [4.69, 9.17) is 9.97 Å². The Kier molecular flexibility index (Phi) is 8.00. The van der Waals surface area contributed by atoms with E-state index in [2.05, 4.69) is 134 Å². The van der Waals surface area contributed by atoms with Gasteiger partial charge in [-0.3, -0.25) is 19.9 Å². The molecule has 56 heavy (non-hydrogen) atoms. The van der Waals surface area contributed by atoms with E-state index < -0.39 is 0 Å². The Balaban J connectivity index is 1.08. The summed E-state index contributed by atoms with van der Waals surface area (Å²) >= 11 is 0. The van der Waals surface area contributed by atoms with Crippen LogP contribution >= 0.6 is 0 Å². The first-order valence-electron chi connectivity index (χ1n) is 19.1. The summed E-state index contributed by atoms with van der Waals surface area (Å²) in [7, 11) is 0. The Morgan fingerprint density at radius 1 is 0.357 bits per heavy atom. The first-order valence-corrected chi connectivity index (χ1v) is 19.1. The predicted octanol–water partition coefficient (Wildman–Crippen LogP) is 13.5. The summed E-state index contributed by atoms with van der Waals surface area (Å²) in [5, 5.41) is 7.71. The molecule has 4 heteroatoms. The Hall–Kier alpha value is -7.04. The minimum absolute atomic E-state index is 0.0484. The number of nitrogens with zero attached hydrogens (tertiary/aromatic N) is 4. The van der Waals surface area contributed by atoms with Gasteiger partial charge in [0.2, 0.25) is 0 Å². The third kappa shape index (κ3) is 5.96. The largest absolute Gasteiger partial charge is 0.255 e. The van der Waals surface area contributed by atoms with E-state index in [1.54, 1.807) is 12.4 Å². The molecule has 4 nitrogen and oxygen atoms in total. The second-order valence-corrected chi connectivity index (χ2v) is 15.6. The van der Waals surface area contributed by atoms with Gasteiger partial charge in [-0.2, -0.15) is 0 Å². The van der Waals surface area contributed by atoms with Gasteiger partial charge in [0, 0.05) is 35.9 Å². The Morgan fingerprint density at radius 3 is 1.18 bits per heavy atom. The summed E-state index contributed by atoms with van der Waals surface area (Å²) < 4.78 is 0. The molecule has 0 N–H and O–H groups in total. The molecule has 4 aromatic heterocycles. The molecular weight excluding hydrogens is 681 g/mol. The molecule has 0 radical (unpaired) electrons. The highest BCUT2D eigenvalue weighted by atomic mass is 14.8. The summed E-state index contributed by atoms with van der Waals surface area (Å²) in [6.07, 6.45) is 7.48. The molecule has 10 rings (SSSR count). The van der Waals surface area contributed by atoms with Crippen LogP contribution in [-0.4, -0.2) is 19.9 Å². The Morgan fingerprint density at radius 2 is 0.786 bits per heavy atom. The first kappa shape index (κ1) is 33.5. The van der Waals surface area contributed by atoms with Gasteiger partial charge in [-0.15, -0.1) is 0 Å². The molecule has 4 heterocycles. The molecule has 0 saturated carbocycles. The normalized spacial score (nSPS) is 11.8. The fourth-order valence-electron chi connectivity index (χ4n) is 7.97. The van der Waals surface area contributed by atoms with E-state index in [-0.39, 0.29) is 5.41 Å². The maximum absolute atomic E-state index is 4.73. The number of rotatable bonds is 6. The fourth-order valence-corrected chi connectivity index (χ4v) is 7.97. The monoisotopic (exact) mass is 718 g/mol. The molecule has 0 aliphatic carbocycles. The maximum atomic E-state index is 4.73. The Bertz CT molecular complexity index is 2790. The number of hydrogen-bond acceptors (Lipinski definition) is 4. The lowest BCUT2D eigenvalue weighted by Crippen LogP contribution is -2.10. The third-order valence-electron chi connectivity index (χ3n) is 11.0. The van der Waals surface area contributed by atoms with E-state index in [9.17, 15) is 0 Å². The molecule has 10 aromatic rings. The van der Waals surface area contributed by atoms with Crippen LogP contribution < -0.4 is 0 Å². The van der Waals surface area contributed by atoms with Crippen molar-refractivity contribution < 1.29 is 0 Å². The van der Waals surface area contributed by atoms with Crippen LogP contribution in [0.5, 0.6) is 0 Å². The zero-order valence-corrected chi connectivity index (χ0v) is 31.5. The van der Waals surface area contributed by atoms with Gasteiger partial charge in [0.1, 0.15) is 0 Å². The molecule has 0 unspecified atom stereocenters. The van der Waals surface area contributed by atoms with E-state index in [0.29, 0.717) is 0 Å². The zero-order chi connectivity index (χ0) is 37.8. The molecule has 0 saturated heterocycles. The average molecular weight is 719 g/mol. The summed E-state index contributed by atoms with van der Waals surface area (Å²) in [6.45, 7) is 6.87. The highest BCUT2D eigenvalue weighted by Gasteiger charge is 2.20. The van der Waals surface area contributed by atoms with Crippen LogP contribution in [-0.2, 0) is 5.41 Å². The number of benzene rings is 6. The highest BCUT2D eigenvalue weighted by Crippen LogP contribution is 2.45. The lowest BCUT2D eigenvalue weighted by molar-refractivity contribution is 0.591. The molecule has 0 bridgehead atoms. The molecule has 0 fully saturated rings. The molecule has 0 spiro atoms. The summed E-state index contributed by atoms with van der Waals surface area (Å²) in [6, 6.07) is 54.4. The van der Waals surface area contributed by atoms with Crippen LogP contribution in [0.1, 0.15) is 26.3 Å². The minimum atomic E-state index is 0.0484. The van der Waals surface area contributed by atoms with Gasteiger partial charge in [0.25, 0.3) is 0 Å². The summed E-state index contributed by atoms with van der Waals surface area (Å²) in [5.74, 6) is 0. The number of aromatic nitrogens is 4. The second-order valence-electron chi connectivity index (χ2n) is 15.6. The van der Waals surface area contributed by atoms with Crippen LogP contribution in [0, 0.1) is 0 Å². The van der Waals surface area contributed by atoms with Crippen molar-refractivity contribution in [1.82, 2.24) is 19.9 Å². The van der Waals surface area contributed by atoms with Gasteiger partial charge in [0.15, 0.2) is 0 Å². The van der Waals surface area contributed by atoms with Crippen molar-refractivity contribution in [3.8, 4) is 67.3 Å². The van der Waals surface area contributed by atoms with Crippen molar-refractivity contribution in [2.24, 2.45) is 0 Å². The van der Waals surface area contributed by atoms with E-state index in [1.165, 1.54) is 60.1 Å². The van der Waals surface area contributed by atoms with Crippen LogP contribution in [0.25, 0.3) is 99.6 Å². The van der Waals surface area contributed by atoms with Crippen molar-refractivity contribution in [1.29, 1.82) is 0 Å². The average Bonchev–Trinajstić information content (AvgIpc) is 3.26. The van der Waals surface area contributed by atoms with Gasteiger partial charge in [-0.1, -0.05) is 130 Å². The minimum Gasteiger partial charge on any atom is -0.255 e. The quantitative estimate of drug-likeness (QED) is 0.161. The highest BCUT2D eigenvalue weighted by molar-refractivity contribution is 6.28. The SMILES string of the molecule is CC(C)(C)c1cc2ccc3c(-c4ccc(-c5ccc(-c6ccccn6)nc5)cc4)cc(-c4ccc(-c5ccc(-c6ccccn6)nc5)cc4)c4ccc(c1)c2c34. The van der Waals surface area contributed by atoms with Crippen molar-refractivity contribution in [3.05, 3.63) is 182 Å². The molecule has 6 aromatic carbocycles. The van der Waals surface area contributed by atoms with Crippen molar-refractivity contribution >= 4 is 32.3 Å². The molecule has 266 valence electrons. The van der Waals surface area contributed by atoms with Crippen LogP contribution in [0.3, 0.4) is 0 Å². The lowest BCUT2D eigenvalue weighted by atomic mass is 9.81. The molecule has 0 aliphatic heterocycles. The number of hydrogen-bond donors (Lipinski definition) is 0. The lowest BCUT2D eigenvalue weighted by Gasteiger charge is -2.23. The molecule has 0 atom stereocenters. The van der Waals surface area contributed by atoms with E-state index in [1.807, 2.05) is 60.9 Å². The molecule has 0 amide bonds. The topological polar surface area (TPSA) is 51.6 Å². The van der Waals surface area contributed by atoms with Crippen molar-refractivity contribution in [2.45, 2.75) is 26.2 Å². The van der Waals surface area contributed by atoms with Gasteiger partial charge < -0.3 is 0 Å². The summed E-state index contributed by atoms with van der Waals surface area (Å²) in [5.41, 5.74) is 14.1. The van der Waals surface area contributed by atoms with Gasteiger partial charge in [-0.05, 0) is 119 Å². The zero-order valence-electron chi connectivity index (χ0n) is 31.5. The van der Waals surface area contributed by atoms with Gasteiger partial charge in [0.05, 0.1) is 22.8 Å². The van der Waals surface area contributed by atoms with Gasteiger partial charge >= 0.3 is 0 Å². The Labute approximate surface area is 326 Å². The number of pyridine rings is 4. The third-order valence-corrected chi connectivity index (χ3v) is 11.0. The molecule has 0 aliphatic rings. The second kappa shape index (κ2) is 13.4. The predicted molar refractivity (Wildman–Crippen MR) is 233 cm³/mol. The van der Waals surface area contributed by atoms with Crippen molar-refractivity contribution in [2.75, 3.05) is 0 Å². The van der Waals surface area contributed by atoms with Crippen LogP contribution in [0.4, 0.5) is 0 Å². The van der Waals surface area contributed by atoms with Gasteiger partial charge in [-0.25, -0.2) is 0 Å². The maximum Gasteiger partial charge on any atom is 0.0886 e. The fraction of sp³-hybridized carbons (Fsp3) is 0.0769. The van der Waals surface area contributed by atoms with Crippen molar-refractivity contribution in [3.63, 3.8) is 0 Å². The van der Waals surface area contributed by atoms with E-state index >= 15 is 0 Å². The first-order chi connectivity index (χ1) is 27.4. The van der Waals surface area contributed by atoms with Crippen LogP contribution in [0.2, 0.25) is 0 Å². The smallest absolute Gasteiger partial charge is 0.0886 e. The van der Waals surface area contributed by atoms with Crippen LogP contribution in [0.15, 0.2) is 176 Å². The van der Waals surface area contributed by atoms with E-state index in [0.717, 1.165) is 45.0 Å².